The Balaban J connectivity index is 1.97. The summed E-state index contributed by atoms with van der Waals surface area (Å²) in [5.74, 6) is 0. The van der Waals surface area contributed by atoms with Crippen molar-refractivity contribution in [2.24, 2.45) is 0 Å². The fraction of sp³-hybridized carbons (Fsp3) is 0.600. The van der Waals surface area contributed by atoms with E-state index in [4.69, 9.17) is 4.74 Å². The van der Waals surface area contributed by atoms with Crippen molar-refractivity contribution in [3.63, 3.8) is 0 Å². The molecule has 2 heteroatoms. The van der Waals surface area contributed by atoms with Crippen LogP contribution in [0.1, 0.15) is 30.9 Å². The summed E-state index contributed by atoms with van der Waals surface area (Å²) in [7, 11) is 0. The van der Waals surface area contributed by atoms with Gasteiger partial charge in [-0.3, -0.25) is 0 Å². The van der Waals surface area contributed by atoms with E-state index in [2.05, 4.69) is 43.4 Å². The molecule has 1 aromatic carbocycles. The van der Waals surface area contributed by atoms with Gasteiger partial charge in [-0.25, -0.2) is 0 Å². The molecule has 1 N–H and O–H groups in total. The average molecular weight is 235 g/mol. The molecule has 0 aliphatic rings. The minimum Gasteiger partial charge on any atom is -0.380 e. The second-order valence-corrected chi connectivity index (χ2v) is 4.45. The van der Waals surface area contributed by atoms with Crippen molar-refractivity contribution >= 4 is 0 Å². The maximum atomic E-state index is 5.48. The summed E-state index contributed by atoms with van der Waals surface area (Å²) in [6.45, 7) is 8.03. The third kappa shape index (κ3) is 7.14. The highest BCUT2D eigenvalue weighted by atomic mass is 16.5. The van der Waals surface area contributed by atoms with E-state index < -0.39 is 0 Å². The van der Waals surface area contributed by atoms with Gasteiger partial charge in [0, 0.05) is 13.2 Å². The summed E-state index contributed by atoms with van der Waals surface area (Å²) >= 11 is 0. The molecule has 96 valence electrons. The second kappa shape index (κ2) is 9.20. The van der Waals surface area contributed by atoms with Crippen molar-refractivity contribution in [3.8, 4) is 0 Å². The van der Waals surface area contributed by atoms with Crippen LogP contribution >= 0.6 is 0 Å². The molecule has 0 atom stereocenters. The van der Waals surface area contributed by atoms with E-state index in [1.165, 1.54) is 24.0 Å². The molecule has 0 saturated carbocycles. The SMILES string of the molecule is CCCCOCCNCCc1cccc(C)c1. The lowest BCUT2D eigenvalue weighted by molar-refractivity contribution is 0.133. The molecule has 0 spiro atoms. The molecule has 0 aliphatic heterocycles. The highest BCUT2D eigenvalue weighted by Gasteiger charge is 1.93. The number of aryl methyl sites for hydroxylation is 1. The molecule has 0 fully saturated rings. The molecule has 0 heterocycles. The molecule has 0 aliphatic carbocycles. The van der Waals surface area contributed by atoms with E-state index in [0.29, 0.717) is 0 Å². The zero-order valence-corrected chi connectivity index (χ0v) is 11.2. The first-order valence-electron chi connectivity index (χ1n) is 6.67. The van der Waals surface area contributed by atoms with Crippen molar-refractivity contribution in [3.05, 3.63) is 35.4 Å². The van der Waals surface area contributed by atoms with Crippen LogP contribution in [-0.4, -0.2) is 26.3 Å². The lowest BCUT2D eigenvalue weighted by Gasteiger charge is -2.06. The topological polar surface area (TPSA) is 21.3 Å². The van der Waals surface area contributed by atoms with Crippen molar-refractivity contribution in [1.29, 1.82) is 0 Å². The van der Waals surface area contributed by atoms with E-state index >= 15 is 0 Å². The van der Waals surface area contributed by atoms with Crippen LogP contribution < -0.4 is 5.32 Å². The fourth-order valence-corrected chi connectivity index (χ4v) is 1.72. The number of hydrogen-bond donors (Lipinski definition) is 1. The molecule has 0 saturated heterocycles. The molecule has 0 radical (unpaired) electrons. The summed E-state index contributed by atoms with van der Waals surface area (Å²) in [5.41, 5.74) is 2.75. The van der Waals surface area contributed by atoms with Crippen molar-refractivity contribution in [1.82, 2.24) is 5.32 Å². The van der Waals surface area contributed by atoms with Crippen molar-refractivity contribution in [2.45, 2.75) is 33.1 Å². The summed E-state index contributed by atoms with van der Waals surface area (Å²) < 4.78 is 5.48. The van der Waals surface area contributed by atoms with Crippen molar-refractivity contribution in [2.75, 3.05) is 26.3 Å². The monoisotopic (exact) mass is 235 g/mol. The van der Waals surface area contributed by atoms with Crippen LogP contribution in [0.2, 0.25) is 0 Å². The largest absolute Gasteiger partial charge is 0.380 e. The van der Waals surface area contributed by atoms with Gasteiger partial charge < -0.3 is 10.1 Å². The highest BCUT2D eigenvalue weighted by molar-refractivity contribution is 5.22. The summed E-state index contributed by atoms with van der Waals surface area (Å²) in [6.07, 6.45) is 3.47. The molecular formula is C15H25NO. The Labute approximate surface area is 105 Å². The summed E-state index contributed by atoms with van der Waals surface area (Å²) in [5, 5.41) is 3.41. The van der Waals surface area contributed by atoms with E-state index in [-0.39, 0.29) is 0 Å². The summed E-state index contributed by atoms with van der Waals surface area (Å²) in [4.78, 5) is 0. The Kier molecular flexibility index (Phi) is 7.69. The van der Waals surface area contributed by atoms with Crippen LogP contribution in [0, 0.1) is 6.92 Å². The maximum Gasteiger partial charge on any atom is 0.0590 e. The molecule has 1 aromatic rings. The van der Waals surface area contributed by atoms with Gasteiger partial charge in [-0.05, 0) is 31.9 Å². The van der Waals surface area contributed by atoms with Crippen LogP contribution in [-0.2, 0) is 11.2 Å². The Morgan fingerprint density at radius 1 is 1.18 bits per heavy atom. The maximum absolute atomic E-state index is 5.48. The third-order valence-electron chi connectivity index (χ3n) is 2.74. The first kappa shape index (κ1) is 14.2. The minimum absolute atomic E-state index is 0.827. The normalized spacial score (nSPS) is 10.7. The van der Waals surface area contributed by atoms with Crippen LogP contribution in [0.15, 0.2) is 24.3 Å². The molecule has 1 rings (SSSR count). The quantitative estimate of drug-likeness (QED) is 0.664. The van der Waals surface area contributed by atoms with Gasteiger partial charge in [-0.2, -0.15) is 0 Å². The number of unbranched alkanes of at least 4 members (excludes halogenated alkanes) is 1. The average Bonchev–Trinajstić information content (AvgIpc) is 2.33. The number of rotatable bonds is 9. The molecule has 2 nitrogen and oxygen atoms in total. The van der Waals surface area contributed by atoms with Crippen LogP contribution in [0.5, 0.6) is 0 Å². The van der Waals surface area contributed by atoms with Gasteiger partial charge in [0.25, 0.3) is 0 Å². The predicted molar refractivity (Wildman–Crippen MR) is 73.5 cm³/mol. The van der Waals surface area contributed by atoms with E-state index in [1.54, 1.807) is 0 Å². The molecule has 0 unspecified atom stereocenters. The summed E-state index contributed by atoms with van der Waals surface area (Å²) in [6, 6.07) is 8.70. The van der Waals surface area contributed by atoms with Crippen LogP contribution in [0.25, 0.3) is 0 Å². The van der Waals surface area contributed by atoms with Gasteiger partial charge in [0.05, 0.1) is 6.61 Å². The number of hydrogen-bond acceptors (Lipinski definition) is 2. The van der Waals surface area contributed by atoms with Gasteiger partial charge in [0.1, 0.15) is 0 Å². The van der Waals surface area contributed by atoms with Gasteiger partial charge in [0.2, 0.25) is 0 Å². The van der Waals surface area contributed by atoms with Gasteiger partial charge >= 0.3 is 0 Å². The number of ether oxygens (including phenoxy) is 1. The third-order valence-corrected chi connectivity index (χ3v) is 2.74. The Hall–Kier alpha value is -0.860. The lowest BCUT2D eigenvalue weighted by atomic mass is 10.1. The smallest absolute Gasteiger partial charge is 0.0590 e. The van der Waals surface area contributed by atoms with Gasteiger partial charge in [-0.1, -0.05) is 43.2 Å². The number of benzene rings is 1. The number of nitrogens with one attached hydrogen (secondary N) is 1. The van der Waals surface area contributed by atoms with Crippen LogP contribution in [0.3, 0.4) is 0 Å². The fourth-order valence-electron chi connectivity index (χ4n) is 1.72. The van der Waals surface area contributed by atoms with Crippen LogP contribution in [0.4, 0.5) is 0 Å². The van der Waals surface area contributed by atoms with Gasteiger partial charge in [-0.15, -0.1) is 0 Å². The van der Waals surface area contributed by atoms with E-state index in [1.807, 2.05) is 0 Å². The molecule has 17 heavy (non-hydrogen) atoms. The Bertz CT molecular complexity index is 299. The van der Waals surface area contributed by atoms with E-state index in [0.717, 1.165) is 32.7 Å². The lowest BCUT2D eigenvalue weighted by Crippen LogP contribution is -2.22. The van der Waals surface area contributed by atoms with Gasteiger partial charge in [0.15, 0.2) is 0 Å². The first-order chi connectivity index (χ1) is 8.33. The standard InChI is InChI=1S/C15H25NO/c1-3-4-11-17-12-10-16-9-8-15-7-5-6-14(2)13-15/h5-7,13,16H,3-4,8-12H2,1-2H3. The zero-order chi connectivity index (χ0) is 12.3. The minimum atomic E-state index is 0.827. The molecule has 0 amide bonds. The van der Waals surface area contributed by atoms with E-state index in [9.17, 15) is 0 Å². The molecule has 0 bridgehead atoms. The van der Waals surface area contributed by atoms with Crippen molar-refractivity contribution < 1.29 is 4.74 Å². The first-order valence-corrected chi connectivity index (χ1v) is 6.67. The Morgan fingerprint density at radius 3 is 2.82 bits per heavy atom. The molecule has 0 aromatic heterocycles. The zero-order valence-electron chi connectivity index (χ0n) is 11.2. The Morgan fingerprint density at radius 2 is 2.06 bits per heavy atom. The second-order valence-electron chi connectivity index (χ2n) is 4.45. The predicted octanol–water partition coefficient (Wildman–Crippen LogP) is 2.94. The highest BCUT2D eigenvalue weighted by Crippen LogP contribution is 2.03. The molecular weight excluding hydrogens is 210 g/mol.